The SMILES string of the molecule is CCc1cccc(C)c1NC(=O)N(CC)CC(=O)N1CCCCCC1. The molecule has 0 radical (unpaired) electrons. The lowest BCUT2D eigenvalue weighted by Gasteiger charge is -2.26. The number of nitrogens with one attached hydrogen (secondary N) is 1. The van der Waals surface area contributed by atoms with Gasteiger partial charge in [-0.3, -0.25) is 4.79 Å². The van der Waals surface area contributed by atoms with Crippen LogP contribution in [0, 0.1) is 6.92 Å². The van der Waals surface area contributed by atoms with E-state index in [0.29, 0.717) is 6.54 Å². The van der Waals surface area contributed by atoms with Crippen LogP contribution in [0.4, 0.5) is 10.5 Å². The lowest BCUT2D eigenvalue weighted by Crippen LogP contribution is -2.44. The molecule has 1 aromatic carbocycles. The van der Waals surface area contributed by atoms with E-state index >= 15 is 0 Å². The summed E-state index contributed by atoms with van der Waals surface area (Å²) in [5, 5.41) is 3.02. The van der Waals surface area contributed by atoms with Gasteiger partial charge in [0.05, 0.1) is 0 Å². The Bertz CT molecular complexity index is 593. The van der Waals surface area contributed by atoms with Gasteiger partial charge in [0.2, 0.25) is 5.91 Å². The second kappa shape index (κ2) is 9.44. The van der Waals surface area contributed by atoms with Gasteiger partial charge in [0.15, 0.2) is 0 Å². The molecule has 1 heterocycles. The van der Waals surface area contributed by atoms with Crippen LogP contribution in [0.15, 0.2) is 18.2 Å². The lowest BCUT2D eigenvalue weighted by molar-refractivity contribution is -0.131. The van der Waals surface area contributed by atoms with Crippen molar-refractivity contribution < 1.29 is 9.59 Å². The highest BCUT2D eigenvalue weighted by molar-refractivity contribution is 5.93. The van der Waals surface area contributed by atoms with Crippen molar-refractivity contribution in [3.63, 3.8) is 0 Å². The molecule has 0 bridgehead atoms. The minimum atomic E-state index is -0.199. The molecule has 0 spiro atoms. The predicted octanol–water partition coefficient (Wildman–Crippen LogP) is 3.81. The number of hydrogen-bond donors (Lipinski definition) is 1. The Kier molecular flexibility index (Phi) is 7.29. The van der Waals surface area contributed by atoms with Crippen molar-refractivity contribution >= 4 is 17.6 Å². The quantitative estimate of drug-likeness (QED) is 0.882. The molecule has 0 atom stereocenters. The van der Waals surface area contributed by atoms with Gasteiger partial charge in [-0.05, 0) is 44.2 Å². The van der Waals surface area contributed by atoms with Gasteiger partial charge in [-0.1, -0.05) is 38.0 Å². The highest BCUT2D eigenvalue weighted by Gasteiger charge is 2.21. The first kappa shape index (κ1) is 19.3. The molecule has 25 heavy (non-hydrogen) atoms. The molecule has 1 fully saturated rings. The maximum Gasteiger partial charge on any atom is 0.322 e. The fourth-order valence-electron chi connectivity index (χ4n) is 3.30. The van der Waals surface area contributed by atoms with Gasteiger partial charge < -0.3 is 15.1 Å². The fourth-order valence-corrected chi connectivity index (χ4v) is 3.30. The molecule has 3 amide bonds. The van der Waals surface area contributed by atoms with Crippen LogP contribution in [0.5, 0.6) is 0 Å². The summed E-state index contributed by atoms with van der Waals surface area (Å²) >= 11 is 0. The minimum Gasteiger partial charge on any atom is -0.341 e. The van der Waals surface area contributed by atoms with Gasteiger partial charge in [-0.25, -0.2) is 4.79 Å². The Hall–Kier alpha value is -2.04. The van der Waals surface area contributed by atoms with Gasteiger partial charge in [-0.2, -0.15) is 0 Å². The van der Waals surface area contributed by atoms with Crippen molar-refractivity contribution in [2.24, 2.45) is 0 Å². The van der Waals surface area contributed by atoms with Crippen LogP contribution in [-0.2, 0) is 11.2 Å². The molecule has 1 saturated heterocycles. The van der Waals surface area contributed by atoms with Gasteiger partial charge in [-0.15, -0.1) is 0 Å². The summed E-state index contributed by atoms with van der Waals surface area (Å²) in [7, 11) is 0. The first-order valence-corrected chi connectivity index (χ1v) is 9.49. The molecule has 1 aliphatic rings. The molecule has 1 aliphatic heterocycles. The maximum atomic E-state index is 12.7. The average Bonchev–Trinajstić information content (AvgIpc) is 2.90. The van der Waals surface area contributed by atoms with E-state index in [1.807, 2.05) is 36.9 Å². The van der Waals surface area contributed by atoms with E-state index < -0.39 is 0 Å². The number of likely N-dealkylation sites (tertiary alicyclic amines) is 1. The van der Waals surface area contributed by atoms with Crippen LogP contribution in [0.1, 0.15) is 50.7 Å². The van der Waals surface area contributed by atoms with Gasteiger partial charge in [0, 0.05) is 25.3 Å². The van der Waals surface area contributed by atoms with Crippen LogP contribution in [0.3, 0.4) is 0 Å². The number of amides is 3. The molecule has 1 aromatic rings. The molecule has 0 aliphatic carbocycles. The summed E-state index contributed by atoms with van der Waals surface area (Å²) in [5.74, 6) is 0.0550. The number of likely N-dealkylation sites (N-methyl/N-ethyl adjacent to an activating group) is 1. The van der Waals surface area contributed by atoms with Crippen LogP contribution in [-0.4, -0.2) is 47.9 Å². The lowest BCUT2D eigenvalue weighted by atomic mass is 10.1. The number of carbonyl (C=O) groups excluding carboxylic acids is 2. The number of hydrogen-bond acceptors (Lipinski definition) is 2. The van der Waals surface area contributed by atoms with Crippen LogP contribution in [0.2, 0.25) is 0 Å². The van der Waals surface area contributed by atoms with Crippen molar-refractivity contribution in [2.75, 3.05) is 31.5 Å². The monoisotopic (exact) mass is 345 g/mol. The normalized spacial score (nSPS) is 14.8. The number of aryl methyl sites for hydroxylation is 2. The Morgan fingerprint density at radius 2 is 1.80 bits per heavy atom. The summed E-state index contributed by atoms with van der Waals surface area (Å²) < 4.78 is 0. The molecular weight excluding hydrogens is 314 g/mol. The summed E-state index contributed by atoms with van der Waals surface area (Å²) in [5.41, 5.74) is 3.03. The third-order valence-corrected chi connectivity index (χ3v) is 4.93. The number of anilines is 1. The minimum absolute atomic E-state index is 0.0550. The summed E-state index contributed by atoms with van der Waals surface area (Å²) in [6.07, 6.45) is 5.36. The van der Waals surface area contributed by atoms with Crippen LogP contribution in [0.25, 0.3) is 0 Å². The fraction of sp³-hybridized carbons (Fsp3) is 0.600. The second-order valence-corrected chi connectivity index (χ2v) is 6.70. The highest BCUT2D eigenvalue weighted by Crippen LogP contribution is 2.21. The highest BCUT2D eigenvalue weighted by atomic mass is 16.2. The van der Waals surface area contributed by atoms with Crippen molar-refractivity contribution in [3.05, 3.63) is 29.3 Å². The second-order valence-electron chi connectivity index (χ2n) is 6.70. The first-order valence-electron chi connectivity index (χ1n) is 9.49. The Labute approximate surface area is 151 Å². The number of benzene rings is 1. The zero-order chi connectivity index (χ0) is 18.2. The topological polar surface area (TPSA) is 52.7 Å². The number of nitrogens with zero attached hydrogens (tertiary/aromatic N) is 2. The Morgan fingerprint density at radius 1 is 1.12 bits per heavy atom. The van der Waals surface area contributed by atoms with Crippen molar-refractivity contribution in [1.29, 1.82) is 0 Å². The Balaban J connectivity index is 2.02. The number of rotatable bonds is 5. The Morgan fingerprint density at radius 3 is 2.40 bits per heavy atom. The van der Waals surface area contributed by atoms with E-state index in [4.69, 9.17) is 0 Å². The van der Waals surface area contributed by atoms with Gasteiger partial charge in [0.25, 0.3) is 0 Å². The van der Waals surface area contributed by atoms with E-state index in [0.717, 1.165) is 49.2 Å². The van der Waals surface area contributed by atoms with Crippen molar-refractivity contribution in [2.45, 2.75) is 52.9 Å². The average molecular weight is 345 g/mol. The molecule has 0 unspecified atom stereocenters. The largest absolute Gasteiger partial charge is 0.341 e. The van der Waals surface area contributed by atoms with Crippen LogP contribution < -0.4 is 5.32 Å². The molecule has 5 nitrogen and oxygen atoms in total. The number of para-hydroxylation sites is 1. The number of urea groups is 1. The van der Waals surface area contributed by atoms with E-state index in [9.17, 15) is 9.59 Å². The van der Waals surface area contributed by atoms with Crippen LogP contribution >= 0.6 is 0 Å². The van der Waals surface area contributed by atoms with E-state index in [1.54, 1.807) is 4.90 Å². The zero-order valence-electron chi connectivity index (χ0n) is 15.8. The molecule has 2 rings (SSSR count). The third kappa shape index (κ3) is 5.21. The van der Waals surface area contributed by atoms with E-state index in [2.05, 4.69) is 12.2 Å². The standard InChI is InChI=1S/C20H31N3O2/c1-4-17-12-10-11-16(3)19(17)21-20(25)22(5-2)15-18(24)23-13-8-6-7-9-14-23/h10-12H,4-9,13-15H2,1-3H3,(H,21,25). The summed E-state index contributed by atoms with van der Waals surface area (Å²) in [6.45, 7) is 8.27. The predicted molar refractivity (Wildman–Crippen MR) is 102 cm³/mol. The molecular formula is C20H31N3O2. The molecule has 138 valence electrons. The summed E-state index contributed by atoms with van der Waals surface area (Å²) in [6, 6.07) is 5.83. The van der Waals surface area contributed by atoms with Crippen molar-refractivity contribution in [1.82, 2.24) is 9.80 Å². The number of carbonyl (C=O) groups is 2. The molecule has 5 heteroatoms. The smallest absolute Gasteiger partial charge is 0.322 e. The zero-order valence-corrected chi connectivity index (χ0v) is 15.8. The third-order valence-electron chi connectivity index (χ3n) is 4.93. The maximum absolute atomic E-state index is 12.7. The molecule has 0 aromatic heterocycles. The van der Waals surface area contributed by atoms with Crippen molar-refractivity contribution in [3.8, 4) is 0 Å². The van der Waals surface area contributed by atoms with Gasteiger partial charge in [0.1, 0.15) is 6.54 Å². The first-order chi connectivity index (χ1) is 12.1. The van der Waals surface area contributed by atoms with E-state index in [-0.39, 0.29) is 18.5 Å². The molecule has 0 saturated carbocycles. The summed E-state index contributed by atoms with van der Waals surface area (Å²) in [4.78, 5) is 28.8. The van der Waals surface area contributed by atoms with E-state index in [1.165, 1.54) is 12.8 Å². The molecule has 1 N–H and O–H groups in total. The van der Waals surface area contributed by atoms with Gasteiger partial charge >= 0.3 is 6.03 Å².